The molecule has 2 heterocycles. The van der Waals surface area contributed by atoms with Crippen LogP contribution in [0.25, 0.3) is 11.4 Å². The number of hydrogen-bond acceptors (Lipinski definition) is 4. The number of aryl methyl sites for hydroxylation is 2. The van der Waals surface area contributed by atoms with Crippen LogP contribution in [0.1, 0.15) is 29.4 Å². The van der Waals surface area contributed by atoms with Crippen molar-refractivity contribution in [2.75, 3.05) is 11.4 Å². The molecule has 5 heteroatoms. The third-order valence-corrected chi connectivity index (χ3v) is 4.47. The number of aromatic nitrogens is 2. The molecule has 1 aliphatic rings. The van der Waals surface area contributed by atoms with Gasteiger partial charge in [-0.05, 0) is 37.1 Å². The van der Waals surface area contributed by atoms with Gasteiger partial charge in [0.15, 0.2) is 0 Å². The van der Waals surface area contributed by atoms with Crippen LogP contribution in [0.3, 0.4) is 0 Å². The number of carbonyl (C=O) groups is 1. The number of nitrogens with zero attached hydrogens (tertiary/aromatic N) is 3. The molecule has 0 N–H and O–H groups in total. The topological polar surface area (TPSA) is 59.2 Å². The van der Waals surface area contributed by atoms with Gasteiger partial charge < -0.3 is 9.42 Å². The van der Waals surface area contributed by atoms with Gasteiger partial charge >= 0.3 is 0 Å². The molecule has 4 rings (SSSR count). The summed E-state index contributed by atoms with van der Waals surface area (Å²) in [5.41, 5.74) is 4.14. The zero-order valence-corrected chi connectivity index (χ0v) is 14.3. The predicted molar refractivity (Wildman–Crippen MR) is 95.4 cm³/mol. The summed E-state index contributed by atoms with van der Waals surface area (Å²) in [6.07, 6.45) is 0.392. The molecular formula is C20H19N3O2. The van der Waals surface area contributed by atoms with Crippen LogP contribution in [0.5, 0.6) is 0 Å². The molecule has 1 aromatic heterocycles. The van der Waals surface area contributed by atoms with E-state index >= 15 is 0 Å². The van der Waals surface area contributed by atoms with E-state index in [2.05, 4.69) is 16.2 Å². The summed E-state index contributed by atoms with van der Waals surface area (Å²) in [4.78, 5) is 18.8. The molecule has 1 unspecified atom stereocenters. The standard InChI is InChI=1S/C20H19N3O2/c1-13-8-14(2)10-17(9-13)23-12-16(11-18(23)24)20-21-19(22-25-20)15-6-4-3-5-7-15/h3-10,16H,11-12H2,1-2H3. The summed E-state index contributed by atoms with van der Waals surface area (Å²) in [5.74, 6) is 1.11. The van der Waals surface area contributed by atoms with Gasteiger partial charge in [0, 0.05) is 24.2 Å². The molecule has 3 aromatic rings. The van der Waals surface area contributed by atoms with Crippen molar-refractivity contribution in [2.45, 2.75) is 26.2 Å². The highest BCUT2D eigenvalue weighted by molar-refractivity contribution is 5.96. The van der Waals surface area contributed by atoms with Crippen LogP contribution in [0.15, 0.2) is 53.1 Å². The lowest BCUT2D eigenvalue weighted by molar-refractivity contribution is -0.117. The Morgan fingerprint density at radius 1 is 1.08 bits per heavy atom. The smallest absolute Gasteiger partial charge is 0.232 e. The maximum Gasteiger partial charge on any atom is 0.232 e. The Hall–Kier alpha value is -2.95. The molecule has 25 heavy (non-hydrogen) atoms. The summed E-state index contributed by atoms with van der Waals surface area (Å²) in [5, 5.41) is 4.07. The Bertz CT molecular complexity index is 897. The second-order valence-electron chi connectivity index (χ2n) is 6.57. The molecule has 0 radical (unpaired) electrons. The fraction of sp³-hybridized carbons (Fsp3) is 0.250. The van der Waals surface area contributed by atoms with Crippen LogP contribution in [0.2, 0.25) is 0 Å². The van der Waals surface area contributed by atoms with E-state index in [4.69, 9.17) is 4.52 Å². The highest BCUT2D eigenvalue weighted by atomic mass is 16.5. The van der Waals surface area contributed by atoms with Crippen molar-refractivity contribution in [3.63, 3.8) is 0 Å². The van der Waals surface area contributed by atoms with Crippen LogP contribution in [0.4, 0.5) is 5.69 Å². The average molecular weight is 333 g/mol. The van der Waals surface area contributed by atoms with Crippen LogP contribution in [-0.4, -0.2) is 22.6 Å². The van der Waals surface area contributed by atoms with E-state index < -0.39 is 0 Å². The molecular weight excluding hydrogens is 314 g/mol. The summed E-state index contributed by atoms with van der Waals surface area (Å²) < 4.78 is 5.44. The van der Waals surface area contributed by atoms with Crippen LogP contribution in [0, 0.1) is 13.8 Å². The maximum absolute atomic E-state index is 12.5. The molecule has 1 fully saturated rings. The van der Waals surface area contributed by atoms with Gasteiger partial charge in [-0.25, -0.2) is 0 Å². The summed E-state index contributed by atoms with van der Waals surface area (Å²) >= 11 is 0. The van der Waals surface area contributed by atoms with Gasteiger partial charge in [-0.2, -0.15) is 4.98 Å². The third kappa shape index (κ3) is 3.05. The minimum Gasteiger partial charge on any atom is -0.339 e. The predicted octanol–water partition coefficient (Wildman–Crippen LogP) is 3.87. The molecule has 1 amide bonds. The van der Waals surface area contributed by atoms with E-state index in [9.17, 15) is 4.79 Å². The second kappa shape index (κ2) is 6.16. The van der Waals surface area contributed by atoms with Gasteiger partial charge in [-0.15, -0.1) is 0 Å². The van der Waals surface area contributed by atoms with E-state index in [0.29, 0.717) is 24.7 Å². The number of carbonyl (C=O) groups excluding carboxylic acids is 1. The molecule has 1 atom stereocenters. The first kappa shape index (κ1) is 15.6. The molecule has 0 spiro atoms. The van der Waals surface area contributed by atoms with E-state index in [1.807, 2.05) is 61.2 Å². The molecule has 0 saturated carbocycles. The van der Waals surface area contributed by atoms with Crippen LogP contribution in [-0.2, 0) is 4.79 Å². The van der Waals surface area contributed by atoms with Crippen molar-refractivity contribution in [1.29, 1.82) is 0 Å². The van der Waals surface area contributed by atoms with Gasteiger partial charge in [-0.1, -0.05) is 41.6 Å². The number of benzene rings is 2. The van der Waals surface area contributed by atoms with Gasteiger partial charge in [-0.3, -0.25) is 4.79 Å². The summed E-state index contributed by atoms with van der Waals surface area (Å²) in [7, 11) is 0. The van der Waals surface area contributed by atoms with Crippen molar-refractivity contribution < 1.29 is 9.32 Å². The Kier molecular flexibility index (Phi) is 3.84. The minimum atomic E-state index is -0.0710. The lowest BCUT2D eigenvalue weighted by Crippen LogP contribution is -2.24. The molecule has 0 aliphatic carbocycles. The fourth-order valence-corrected chi connectivity index (χ4v) is 3.33. The number of anilines is 1. The van der Waals surface area contributed by atoms with E-state index in [1.165, 1.54) is 0 Å². The molecule has 2 aromatic carbocycles. The van der Waals surface area contributed by atoms with Crippen molar-refractivity contribution in [3.8, 4) is 11.4 Å². The van der Waals surface area contributed by atoms with Gasteiger partial charge in [0.05, 0.1) is 5.92 Å². The molecule has 1 aliphatic heterocycles. The van der Waals surface area contributed by atoms with Crippen molar-refractivity contribution in [3.05, 3.63) is 65.5 Å². The van der Waals surface area contributed by atoms with Crippen LogP contribution < -0.4 is 4.90 Å². The normalized spacial score (nSPS) is 17.3. The fourth-order valence-electron chi connectivity index (χ4n) is 3.33. The minimum absolute atomic E-state index is 0.0710. The summed E-state index contributed by atoms with van der Waals surface area (Å²) in [6, 6.07) is 15.9. The molecule has 5 nitrogen and oxygen atoms in total. The van der Waals surface area contributed by atoms with Gasteiger partial charge in [0.1, 0.15) is 0 Å². The largest absolute Gasteiger partial charge is 0.339 e. The first-order valence-electron chi connectivity index (χ1n) is 8.38. The highest BCUT2D eigenvalue weighted by Crippen LogP contribution is 2.32. The maximum atomic E-state index is 12.5. The van der Waals surface area contributed by atoms with E-state index in [0.717, 1.165) is 22.4 Å². The average Bonchev–Trinajstić information content (AvgIpc) is 3.21. The van der Waals surface area contributed by atoms with E-state index in [-0.39, 0.29) is 11.8 Å². The third-order valence-electron chi connectivity index (χ3n) is 4.47. The number of amides is 1. The highest BCUT2D eigenvalue weighted by Gasteiger charge is 2.35. The van der Waals surface area contributed by atoms with E-state index in [1.54, 1.807) is 0 Å². The molecule has 0 bridgehead atoms. The van der Waals surface area contributed by atoms with Gasteiger partial charge in [0.2, 0.25) is 17.6 Å². The number of rotatable bonds is 3. The Morgan fingerprint density at radius 3 is 2.52 bits per heavy atom. The Labute approximate surface area is 146 Å². The zero-order chi connectivity index (χ0) is 17.4. The Morgan fingerprint density at radius 2 is 1.80 bits per heavy atom. The first-order valence-corrected chi connectivity index (χ1v) is 8.38. The quantitative estimate of drug-likeness (QED) is 0.730. The van der Waals surface area contributed by atoms with Crippen molar-refractivity contribution in [1.82, 2.24) is 10.1 Å². The lowest BCUT2D eigenvalue weighted by Gasteiger charge is -2.17. The van der Waals surface area contributed by atoms with Crippen LogP contribution >= 0.6 is 0 Å². The Balaban J connectivity index is 1.57. The van der Waals surface area contributed by atoms with Crippen molar-refractivity contribution >= 4 is 11.6 Å². The molecule has 1 saturated heterocycles. The summed E-state index contributed by atoms with van der Waals surface area (Å²) in [6.45, 7) is 4.65. The van der Waals surface area contributed by atoms with Gasteiger partial charge in [0.25, 0.3) is 0 Å². The lowest BCUT2D eigenvalue weighted by atomic mass is 10.1. The zero-order valence-electron chi connectivity index (χ0n) is 14.3. The SMILES string of the molecule is Cc1cc(C)cc(N2CC(c3nc(-c4ccccc4)no3)CC2=O)c1. The second-order valence-corrected chi connectivity index (χ2v) is 6.57. The first-order chi connectivity index (χ1) is 12.1. The number of hydrogen-bond donors (Lipinski definition) is 0. The van der Waals surface area contributed by atoms with Crippen molar-refractivity contribution in [2.24, 2.45) is 0 Å². The monoisotopic (exact) mass is 333 g/mol. The molecule has 126 valence electrons.